The zero-order valence-electron chi connectivity index (χ0n) is 10.5. The van der Waals surface area contributed by atoms with Crippen LogP contribution >= 0.6 is 0 Å². The van der Waals surface area contributed by atoms with E-state index in [1.165, 1.54) is 18.3 Å². The van der Waals surface area contributed by atoms with Gasteiger partial charge in [0.25, 0.3) is 0 Å². The van der Waals surface area contributed by atoms with Crippen LogP contribution in [0.2, 0.25) is 0 Å². The maximum atomic E-state index is 12.1. The van der Waals surface area contributed by atoms with Crippen molar-refractivity contribution >= 4 is 15.8 Å². The predicted octanol–water partition coefficient (Wildman–Crippen LogP) is 0.898. The van der Waals surface area contributed by atoms with Crippen LogP contribution in [0, 0.1) is 6.92 Å². The van der Waals surface area contributed by atoms with Crippen molar-refractivity contribution in [3.05, 3.63) is 35.9 Å². The fourth-order valence-electron chi connectivity index (χ4n) is 1.46. The van der Waals surface area contributed by atoms with Crippen LogP contribution in [0.1, 0.15) is 11.5 Å². The van der Waals surface area contributed by atoms with Gasteiger partial charge in [-0.25, -0.2) is 18.1 Å². The summed E-state index contributed by atoms with van der Waals surface area (Å²) in [4.78, 5) is 4.10. The van der Waals surface area contributed by atoms with Crippen LogP contribution in [0.5, 0.6) is 0 Å². The topological polar surface area (TPSA) is 97.1 Å². The number of hydrogen-bond acceptors (Lipinski definition) is 6. The zero-order valence-corrected chi connectivity index (χ0v) is 11.4. The zero-order chi connectivity index (χ0) is 13.9. The van der Waals surface area contributed by atoms with Crippen LogP contribution in [0.15, 0.2) is 33.8 Å². The lowest BCUT2D eigenvalue weighted by atomic mass is 10.4. The van der Waals surface area contributed by atoms with Gasteiger partial charge in [-0.3, -0.25) is 0 Å². The molecular formula is C11H14N4O3S. The first-order chi connectivity index (χ1) is 9.01. The van der Waals surface area contributed by atoms with Crippen molar-refractivity contribution in [2.75, 3.05) is 12.4 Å². The minimum Gasteiger partial charge on any atom is -0.373 e. The van der Waals surface area contributed by atoms with Gasteiger partial charge < -0.3 is 9.84 Å². The Morgan fingerprint density at radius 3 is 2.79 bits per heavy atom. The molecule has 0 atom stereocenters. The fraction of sp³-hybridized carbons (Fsp3) is 0.273. The van der Waals surface area contributed by atoms with Gasteiger partial charge in [-0.15, -0.1) is 0 Å². The molecule has 0 aliphatic rings. The second-order valence-electron chi connectivity index (χ2n) is 3.89. The molecule has 8 heteroatoms. The third-order valence-corrected chi connectivity index (χ3v) is 3.81. The average molecular weight is 282 g/mol. The molecule has 0 spiro atoms. The molecule has 102 valence electrons. The second kappa shape index (κ2) is 5.37. The van der Waals surface area contributed by atoms with Crippen molar-refractivity contribution in [2.45, 2.75) is 18.4 Å². The van der Waals surface area contributed by atoms with Crippen LogP contribution in [0.25, 0.3) is 0 Å². The Hall–Kier alpha value is -1.93. The van der Waals surface area contributed by atoms with E-state index >= 15 is 0 Å². The van der Waals surface area contributed by atoms with E-state index in [0.717, 1.165) is 0 Å². The Labute approximate surface area is 111 Å². The van der Waals surface area contributed by atoms with Gasteiger partial charge in [0, 0.05) is 25.4 Å². The first-order valence-corrected chi connectivity index (χ1v) is 7.05. The van der Waals surface area contributed by atoms with Gasteiger partial charge >= 0.3 is 0 Å². The molecule has 0 bridgehead atoms. The molecule has 2 N–H and O–H groups in total. The molecule has 0 aliphatic carbocycles. The highest BCUT2D eigenvalue weighted by atomic mass is 32.2. The molecule has 0 unspecified atom stereocenters. The molecule has 0 saturated carbocycles. The SMILES string of the molecule is CNc1cc(S(=O)(=O)NCc2cc(C)no2)ccn1. The van der Waals surface area contributed by atoms with Gasteiger partial charge in [0.15, 0.2) is 5.76 Å². The maximum absolute atomic E-state index is 12.1. The summed E-state index contributed by atoms with van der Waals surface area (Å²) in [6.45, 7) is 1.82. The van der Waals surface area contributed by atoms with E-state index in [2.05, 4.69) is 20.2 Å². The van der Waals surface area contributed by atoms with Crippen LogP contribution < -0.4 is 10.0 Å². The van der Waals surface area contributed by atoms with Gasteiger partial charge in [-0.1, -0.05) is 5.16 Å². The number of hydrogen-bond donors (Lipinski definition) is 2. The molecule has 0 saturated heterocycles. The minimum atomic E-state index is -3.60. The molecule has 0 amide bonds. The second-order valence-corrected chi connectivity index (χ2v) is 5.65. The number of nitrogens with zero attached hydrogens (tertiary/aromatic N) is 2. The molecule has 2 heterocycles. The first kappa shape index (κ1) is 13.5. The molecule has 2 aromatic rings. The van der Waals surface area contributed by atoms with E-state index in [9.17, 15) is 8.42 Å². The monoisotopic (exact) mass is 282 g/mol. The van der Waals surface area contributed by atoms with Crippen molar-refractivity contribution in [1.29, 1.82) is 0 Å². The average Bonchev–Trinajstić information content (AvgIpc) is 2.82. The molecule has 2 rings (SSSR count). The standard InChI is InChI=1S/C11H14N4O3S/c1-8-5-9(18-15-8)7-14-19(16,17)10-3-4-13-11(6-10)12-2/h3-6,14H,7H2,1-2H3,(H,12,13). The van der Waals surface area contributed by atoms with E-state index in [0.29, 0.717) is 17.3 Å². The Kier molecular flexibility index (Phi) is 3.82. The van der Waals surface area contributed by atoms with Crippen molar-refractivity contribution < 1.29 is 12.9 Å². The summed E-state index contributed by atoms with van der Waals surface area (Å²) >= 11 is 0. The van der Waals surface area contributed by atoms with Crippen LogP contribution in [-0.2, 0) is 16.6 Å². The van der Waals surface area contributed by atoms with Crippen molar-refractivity contribution in [1.82, 2.24) is 14.9 Å². The number of anilines is 1. The minimum absolute atomic E-state index is 0.0559. The predicted molar refractivity (Wildman–Crippen MR) is 69.0 cm³/mol. The number of aryl methyl sites for hydroxylation is 1. The Morgan fingerprint density at radius 2 is 2.16 bits per heavy atom. The lowest BCUT2D eigenvalue weighted by Crippen LogP contribution is -2.23. The summed E-state index contributed by atoms with van der Waals surface area (Å²) in [5.41, 5.74) is 0.704. The number of sulfonamides is 1. The summed E-state index contributed by atoms with van der Waals surface area (Å²) in [5.74, 6) is 0.947. The summed E-state index contributed by atoms with van der Waals surface area (Å²) in [6.07, 6.45) is 1.43. The third-order valence-electron chi connectivity index (χ3n) is 2.41. The Balaban J connectivity index is 2.13. The molecule has 0 aliphatic heterocycles. The van der Waals surface area contributed by atoms with Crippen molar-refractivity contribution in [2.24, 2.45) is 0 Å². The van der Waals surface area contributed by atoms with Crippen LogP contribution in [-0.4, -0.2) is 25.6 Å². The lowest BCUT2D eigenvalue weighted by Gasteiger charge is -2.06. The molecule has 0 radical (unpaired) electrons. The quantitative estimate of drug-likeness (QED) is 0.845. The van der Waals surface area contributed by atoms with Gasteiger partial charge in [-0.2, -0.15) is 0 Å². The highest BCUT2D eigenvalue weighted by Gasteiger charge is 2.15. The van der Waals surface area contributed by atoms with E-state index in [1.807, 2.05) is 0 Å². The molecular weight excluding hydrogens is 268 g/mol. The normalized spacial score (nSPS) is 11.5. The summed E-state index contributed by atoms with van der Waals surface area (Å²) in [6, 6.07) is 4.55. The number of rotatable bonds is 5. The van der Waals surface area contributed by atoms with E-state index < -0.39 is 10.0 Å². The summed E-state index contributed by atoms with van der Waals surface area (Å²) in [7, 11) is -1.93. The highest BCUT2D eigenvalue weighted by Crippen LogP contribution is 2.13. The number of nitrogens with one attached hydrogen (secondary N) is 2. The molecule has 19 heavy (non-hydrogen) atoms. The summed E-state index contributed by atoms with van der Waals surface area (Å²) < 4.78 is 31.5. The Bertz CT molecular complexity index is 666. The van der Waals surface area contributed by atoms with Crippen LogP contribution in [0.3, 0.4) is 0 Å². The van der Waals surface area contributed by atoms with Gasteiger partial charge in [0.05, 0.1) is 17.1 Å². The van der Waals surface area contributed by atoms with Crippen molar-refractivity contribution in [3.8, 4) is 0 Å². The lowest BCUT2D eigenvalue weighted by molar-refractivity contribution is 0.377. The molecule has 0 aromatic carbocycles. The first-order valence-electron chi connectivity index (χ1n) is 5.57. The Morgan fingerprint density at radius 1 is 1.37 bits per heavy atom. The molecule has 2 aromatic heterocycles. The van der Waals surface area contributed by atoms with E-state index in [1.54, 1.807) is 20.0 Å². The molecule has 0 fully saturated rings. The van der Waals surface area contributed by atoms with Crippen LogP contribution in [0.4, 0.5) is 5.82 Å². The number of aromatic nitrogens is 2. The number of pyridine rings is 1. The highest BCUT2D eigenvalue weighted by molar-refractivity contribution is 7.89. The van der Waals surface area contributed by atoms with E-state index in [4.69, 9.17) is 4.52 Å². The molecule has 7 nitrogen and oxygen atoms in total. The third kappa shape index (κ3) is 3.30. The maximum Gasteiger partial charge on any atom is 0.241 e. The smallest absolute Gasteiger partial charge is 0.241 e. The fourth-order valence-corrected chi connectivity index (χ4v) is 2.47. The van der Waals surface area contributed by atoms with Gasteiger partial charge in [0.1, 0.15) is 5.82 Å². The van der Waals surface area contributed by atoms with E-state index in [-0.39, 0.29) is 11.4 Å². The van der Waals surface area contributed by atoms with Gasteiger partial charge in [0.2, 0.25) is 10.0 Å². The summed E-state index contributed by atoms with van der Waals surface area (Å²) in [5, 5.41) is 6.47. The van der Waals surface area contributed by atoms with Crippen molar-refractivity contribution in [3.63, 3.8) is 0 Å². The largest absolute Gasteiger partial charge is 0.373 e. The van der Waals surface area contributed by atoms with Gasteiger partial charge in [-0.05, 0) is 13.0 Å².